The third-order valence-electron chi connectivity index (χ3n) is 5.10. The van der Waals surface area contributed by atoms with E-state index in [1.54, 1.807) is 0 Å². The first-order valence-electron chi connectivity index (χ1n) is 9.80. The number of ether oxygens (including phenoxy) is 3. The number of hydrogen-bond acceptors (Lipinski definition) is 9. The molecule has 1 unspecified atom stereocenters. The maximum Gasteiger partial charge on any atom is 0.310 e. The average Bonchev–Trinajstić information content (AvgIpc) is 3.21. The van der Waals surface area contributed by atoms with Crippen LogP contribution in [-0.4, -0.2) is 42.4 Å². The van der Waals surface area contributed by atoms with Crippen molar-refractivity contribution < 1.29 is 19.0 Å². The van der Waals surface area contributed by atoms with E-state index < -0.39 is 0 Å². The molecule has 0 spiro atoms. The Morgan fingerprint density at radius 1 is 1.34 bits per heavy atom. The van der Waals surface area contributed by atoms with E-state index >= 15 is 0 Å². The van der Waals surface area contributed by atoms with Crippen molar-refractivity contribution in [2.45, 2.75) is 26.3 Å². The van der Waals surface area contributed by atoms with Gasteiger partial charge in [-0.15, -0.1) is 0 Å². The molecule has 0 amide bonds. The summed E-state index contributed by atoms with van der Waals surface area (Å²) in [5.41, 5.74) is 7.85. The molecular weight excluding hydrogens is 374 g/mol. The van der Waals surface area contributed by atoms with Gasteiger partial charge in [0.05, 0.1) is 12.5 Å². The summed E-state index contributed by atoms with van der Waals surface area (Å²) in [6, 6.07) is 5.78. The number of carbonyl (C=O) groups excluding carboxylic acids is 1. The number of piperidine rings is 1. The lowest BCUT2D eigenvalue weighted by molar-refractivity contribution is -0.148. The van der Waals surface area contributed by atoms with Gasteiger partial charge in [-0.3, -0.25) is 4.79 Å². The lowest BCUT2D eigenvalue weighted by Gasteiger charge is -2.33. The van der Waals surface area contributed by atoms with E-state index in [1.807, 2.05) is 30.0 Å². The zero-order chi connectivity index (χ0) is 20.2. The zero-order valence-electron chi connectivity index (χ0n) is 16.4. The standard InChI is InChI=1S/C20H25N5O4/c1-2-27-20(26)14-4-3-7-25(10-14)19-17(21)18(23-11-24-19)22-9-13-5-6-15-16(8-13)29-12-28-15/h5-6,8,11,14H,2-4,7,9-10,12,21H2,1H3,(H,22,23,24). The molecule has 2 aliphatic rings. The molecule has 0 bridgehead atoms. The minimum absolute atomic E-state index is 0.161. The van der Waals surface area contributed by atoms with E-state index in [-0.39, 0.29) is 18.7 Å². The maximum atomic E-state index is 12.1. The summed E-state index contributed by atoms with van der Waals surface area (Å²) < 4.78 is 15.9. The van der Waals surface area contributed by atoms with Crippen LogP contribution in [0.15, 0.2) is 24.5 Å². The third kappa shape index (κ3) is 4.13. The molecule has 2 aliphatic heterocycles. The number of carbonyl (C=O) groups is 1. The maximum absolute atomic E-state index is 12.1. The summed E-state index contributed by atoms with van der Waals surface area (Å²) in [4.78, 5) is 22.8. The highest BCUT2D eigenvalue weighted by atomic mass is 16.7. The first-order valence-corrected chi connectivity index (χ1v) is 9.80. The predicted molar refractivity (Wildman–Crippen MR) is 108 cm³/mol. The fourth-order valence-corrected chi connectivity index (χ4v) is 3.64. The van der Waals surface area contributed by atoms with Crippen molar-refractivity contribution >= 4 is 23.3 Å². The quantitative estimate of drug-likeness (QED) is 0.706. The van der Waals surface area contributed by atoms with Gasteiger partial charge in [0.2, 0.25) is 6.79 Å². The second-order valence-corrected chi connectivity index (χ2v) is 7.04. The Hall–Kier alpha value is -3.23. The fourth-order valence-electron chi connectivity index (χ4n) is 3.64. The van der Waals surface area contributed by atoms with E-state index in [2.05, 4.69) is 15.3 Å². The number of benzene rings is 1. The number of aromatic nitrogens is 2. The van der Waals surface area contributed by atoms with Gasteiger partial charge in [0.15, 0.2) is 23.1 Å². The van der Waals surface area contributed by atoms with E-state index in [0.29, 0.717) is 37.0 Å². The van der Waals surface area contributed by atoms with Gasteiger partial charge in [-0.25, -0.2) is 9.97 Å². The van der Waals surface area contributed by atoms with Crippen LogP contribution in [-0.2, 0) is 16.1 Å². The number of nitrogens with zero attached hydrogens (tertiary/aromatic N) is 3. The van der Waals surface area contributed by atoms with Crippen LogP contribution in [0.3, 0.4) is 0 Å². The van der Waals surface area contributed by atoms with Gasteiger partial charge in [0.1, 0.15) is 12.0 Å². The summed E-state index contributed by atoms with van der Waals surface area (Å²) in [6.07, 6.45) is 3.18. The molecule has 3 N–H and O–H groups in total. The second-order valence-electron chi connectivity index (χ2n) is 7.04. The van der Waals surface area contributed by atoms with Crippen LogP contribution < -0.4 is 25.4 Å². The van der Waals surface area contributed by atoms with Crippen molar-refractivity contribution in [1.82, 2.24) is 9.97 Å². The summed E-state index contributed by atoms with van der Waals surface area (Å²) in [6.45, 7) is 4.32. The summed E-state index contributed by atoms with van der Waals surface area (Å²) >= 11 is 0. The lowest BCUT2D eigenvalue weighted by Crippen LogP contribution is -2.40. The number of anilines is 3. The first kappa shape index (κ1) is 19.1. The second kappa shape index (κ2) is 8.42. The zero-order valence-corrected chi connectivity index (χ0v) is 16.4. The number of nitrogens with one attached hydrogen (secondary N) is 1. The normalized spacial score (nSPS) is 17.8. The number of nitrogens with two attached hydrogens (primary N) is 1. The van der Waals surface area contributed by atoms with Gasteiger partial charge in [0.25, 0.3) is 0 Å². The molecular formula is C20H25N5O4. The van der Waals surface area contributed by atoms with Crippen molar-refractivity contribution in [1.29, 1.82) is 0 Å². The molecule has 1 atom stereocenters. The molecule has 3 heterocycles. The van der Waals surface area contributed by atoms with Gasteiger partial charge >= 0.3 is 5.97 Å². The molecule has 154 valence electrons. The monoisotopic (exact) mass is 399 g/mol. The third-order valence-corrected chi connectivity index (χ3v) is 5.10. The largest absolute Gasteiger partial charge is 0.466 e. The Morgan fingerprint density at radius 3 is 3.07 bits per heavy atom. The molecule has 0 saturated carbocycles. The van der Waals surface area contributed by atoms with Crippen LogP contribution in [0.2, 0.25) is 0 Å². The Kier molecular flexibility index (Phi) is 5.55. The molecule has 0 radical (unpaired) electrons. The number of hydrogen-bond donors (Lipinski definition) is 2. The lowest BCUT2D eigenvalue weighted by atomic mass is 9.98. The molecule has 1 aromatic carbocycles. The molecule has 9 heteroatoms. The topological polar surface area (TPSA) is 112 Å². The highest BCUT2D eigenvalue weighted by molar-refractivity contribution is 5.77. The minimum Gasteiger partial charge on any atom is -0.466 e. The molecule has 0 aliphatic carbocycles. The van der Waals surface area contributed by atoms with Crippen molar-refractivity contribution in [3.8, 4) is 11.5 Å². The average molecular weight is 399 g/mol. The van der Waals surface area contributed by atoms with Gasteiger partial charge in [-0.05, 0) is 37.5 Å². The number of fused-ring (bicyclic) bond motifs is 1. The molecule has 1 saturated heterocycles. The number of esters is 1. The predicted octanol–water partition coefficient (Wildman–Crippen LogP) is 2.18. The van der Waals surface area contributed by atoms with Crippen molar-refractivity contribution in [2.24, 2.45) is 5.92 Å². The molecule has 9 nitrogen and oxygen atoms in total. The van der Waals surface area contributed by atoms with Crippen LogP contribution in [0.4, 0.5) is 17.3 Å². The Bertz CT molecular complexity index is 891. The highest BCUT2D eigenvalue weighted by Gasteiger charge is 2.29. The molecule has 4 rings (SSSR count). The van der Waals surface area contributed by atoms with Crippen LogP contribution in [0.5, 0.6) is 11.5 Å². The summed E-state index contributed by atoms with van der Waals surface area (Å²) in [5.74, 6) is 2.36. The molecule has 2 aromatic rings. The Balaban J connectivity index is 1.45. The summed E-state index contributed by atoms with van der Waals surface area (Å²) in [5, 5.41) is 3.26. The van der Waals surface area contributed by atoms with Gasteiger partial charge in [-0.2, -0.15) is 0 Å². The van der Waals surface area contributed by atoms with Crippen LogP contribution in [0.1, 0.15) is 25.3 Å². The van der Waals surface area contributed by atoms with E-state index in [9.17, 15) is 4.79 Å². The van der Waals surface area contributed by atoms with Gasteiger partial charge in [0, 0.05) is 19.6 Å². The number of rotatable bonds is 6. The smallest absolute Gasteiger partial charge is 0.310 e. The minimum atomic E-state index is -0.164. The fraction of sp³-hybridized carbons (Fsp3) is 0.450. The molecule has 1 fully saturated rings. The van der Waals surface area contributed by atoms with Gasteiger partial charge in [-0.1, -0.05) is 6.07 Å². The van der Waals surface area contributed by atoms with Crippen molar-refractivity contribution in [3.63, 3.8) is 0 Å². The van der Waals surface area contributed by atoms with Gasteiger partial charge < -0.3 is 30.2 Å². The first-order chi connectivity index (χ1) is 14.2. The Morgan fingerprint density at radius 2 is 2.21 bits per heavy atom. The Labute approximate surface area is 169 Å². The van der Waals surface area contributed by atoms with E-state index in [0.717, 1.165) is 36.4 Å². The molecule has 1 aromatic heterocycles. The van der Waals surface area contributed by atoms with Crippen molar-refractivity contribution in [2.75, 3.05) is 42.4 Å². The van der Waals surface area contributed by atoms with Crippen molar-refractivity contribution in [3.05, 3.63) is 30.1 Å². The van der Waals surface area contributed by atoms with Crippen LogP contribution in [0, 0.1) is 5.92 Å². The highest BCUT2D eigenvalue weighted by Crippen LogP contribution is 2.33. The molecule has 29 heavy (non-hydrogen) atoms. The van der Waals surface area contributed by atoms with E-state index in [4.69, 9.17) is 19.9 Å². The van der Waals surface area contributed by atoms with Crippen LogP contribution in [0.25, 0.3) is 0 Å². The van der Waals surface area contributed by atoms with E-state index in [1.165, 1.54) is 6.33 Å². The van der Waals surface area contributed by atoms with Crippen LogP contribution >= 0.6 is 0 Å². The summed E-state index contributed by atoms with van der Waals surface area (Å²) in [7, 11) is 0. The number of nitrogen functional groups attached to an aromatic ring is 1. The SMILES string of the molecule is CCOC(=O)C1CCCN(c2ncnc(NCc3ccc4c(c3)OCO4)c2N)C1.